The van der Waals surface area contributed by atoms with Crippen LogP contribution in [0.2, 0.25) is 0 Å². The molecule has 3 N–H and O–H groups in total. The summed E-state index contributed by atoms with van der Waals surface area (Å²) in [4.78, 5) is 10.4. The zero-order valence-electron chi connectivity index (χ0n) is 16.9. The van der Waals surface area contributed by atoms with E-state index in [9.17, 15) is 4.79 Å². The zero-order chi connectivity index (χ0) is 19.4. The number of rotatable bonds is 11. The summed E-state index contributed by atoms with van der Waals surface area (Å²) in [6.45, 7) is 18.8. The van der Waals surface area contributed by atoms with Crippen LogP contribution in [0.4, 0.5) is 0 Å². The number of hydrogen-bond acceptors (Lipinski definition) is 5. The van der Waals surface area contributed by atoms with Crippen LogP contribution in [0.25, 0.3) is 0 Å². The average molecular weight is 365 g/mol. The summed E-state index contributed by atoms with van der Waals surface area (Å²) >= 11 is 4.31. The van der Waals surface area contributed by atoms with E-state index in [0.29, 0.717) is 44.7 Å². The van der Waals surface area contributed by atoms with Gasteiger partial charge in [-0.25, -0.2) is 0 Å². The molecule has 146 valence electrons. The lowest BCUT2D eigenvalue weighted by molar-refractivity contribution is -0.111. The van der Waals surface area contributed by atoms with Crippen LogP contribution in [0.1, 0.15) is 55.4 Å². The average Bonchev–Trinajstić information content (AvgIpc) is 2.36. The lowest BCUT2D eigenvalue weighted by atomic mass is 9.91. The molecule has 0 aromatic heterocycles. The zero-order valence-corrected chi connectivity index (χ0v) is 17.8. The van der Waals surface area contributed by atoms with E-state index in [2.05, 4.69) is 45.6 Å². The topological polar surface area (TPSA) is 73.6 Å². The first-order valence-electron chi connectivity index (χ1n) is 8.67. The van der Waals surface area contributed by atoms with E-state index in [0.717, 1.165) is 0 Å². The van der Waals surface area contributed by atoms with E-state index >= 15 is 0 Å². The number of carbonyl (C=O) groups excluding carboxylic acids is 1. The van der Waals surface area contributed by atoms with Crippen molar-refractivity contribution in [2.24, 2.45) is 17.6 Å². The Bertz CT molecular complexity index is 284. The Morgan fingerprint density at radius 1 is 0.958 bits per heavy atom. The van der Waals surface area contributed by atoms with Crippen LogP contribution in [0, 0.1) is 11.8 Å². The fourth-order valence-corrected chi connectivity index (χ4v) is 1.13. The van der Waals surface area contributed by atoms with Crippen molar-refractivity contribution >= 4 is 19.0 Å². The van der Waals surface area contributed by atoms with Gasteiger partial charge in [0.1, 0.15) is 0 Å². The molecular weight excluding hydrogens is 324 g/mol. The van der Waals surface area contributed by atoms with Crippen LogP contribution in [0.3, 0.4) is 0 Å². The molecule has 0 saturated carbocycles. The van der Waals surface area contributed by atoms with Gasteiger partial charge < -0.3 is 20.5 Å². The van der Waals surface area contributed by atoms with Gasteiger partial charge in [0.05, 0.1) is 19.3 Å². The van der Waals surface area contributed by atoms with Crippen molar-refractivity contribution in [3.8, 4) is 0 Å². The number of ether oxygens (including phenoxy) is 2. The molecule has 0 aliphatic rings. The van der Waals surface area contributed by atoms with Crippen LogP contribution >= 0.6 is 12.6 Å². The first kappa shape index (κ1) is 25.9. The van der Waals surface area contributed by atoms with Crippen molar-refractivity contribution in [1.29, 1.82) is 0 Å². The molecule has 0 rings (SSSR count). The van der Waals surface area contributed by atoms with Crippen molar-refractivity contribution in [2.45, 2.75) is 71.7 Å². The second-order valence-corrected chi connectivity index (χ2v) is 9.24. The Balaban J connectivity index is 0. The number of thiol groups is 1. The molecule has 0 bridgehead atoms. The van der Waals surface area contributed by atoms with Crippen LogP contribution in [0.15, 0.2) is 0 Å². The summed E-state index contributed by atoms with van der Waals surface area (Å²) in [5, 5.41) is 2.70. The van der Waals surface area contributed by atoms with E-state index < -0.39 is 0 Å². The van der Waals surface area contributed by atoms with Crippen molar-refractivity contribution in [3.05, 3.63) is 0 Å². The lowest BCUT2D eigenvalue weighted by Gasteiger charge is -2.33. The third-order valence-corrected chi connectivity index (χ3v) is 4.00. The van der Waals surface area contributed by atoms with E-state index in [1.54, 1.807) is 0 Å². The summed E-state index contributed by atoms with van der Waals surface area (Å²) in [7, 11) is 0. The molecule has 5 nitrogen and oxygen atoms in total. The van der Waals surface area contributed by atoms with Gasteiger partial charge in [0.25, 0.3) is 0 Å². The Labute approximate surface area is 154 Å². The Kier molecular flexibility index (Phi) is 14.0. The molecule has 0 aromatic carbocycles. The molecule has 0 spiro atoms. The highest BCUT2D eigenvalue weighted by Crippen LogP contribution is 2.24. The highest BCUT2D eigenvalue weighted by atomic mass is 32.1. The summed E-state index contributed by atoms with van der Waals surface area (Å²) in [6.07, 6.45) is 0.697. The summed E-state index contributed by atoms with van der Waals surface area (Å²) in [5.41, 5.74) is 5.54. The van der Waals surface area contributed by atoms with Gasteiger partial charge in [-0.2, -0.15) is 12.6 Å². The Hall–Kier alpha value is -0.300. The molecule has 0 heterocycles. The maximum absolute atomic E-state index is 10.4. The second-order valence-electron chi connectivity index (χ2n) is 8.12. The first-order chi connectivity index (χ1) is 10.8. The minimum Gasteiger partial charge on any atom is -0.379 e. The fraction of sp³-hybridized carbons (Fsp3) is 0.944. The standard InChI is InChI=1S/C12H25NO3.C6H15NS/c1-10(2)5-15-7-12(13-9-14)8-16-6-11(3)4;1-5(2,7)6(3,4)8/h9-12H,5-8H2,1-4H3,(H,13,14);8H,7H2,1-4H3. The van der Waals surface area contributed by atoms with E-state index in [-0.39, 0.29) is 16.3 Å². The molecule has 0 atom stereocenters. The van der Waals surface area contributed by atoms with E-state index in [1.165, 1.54) is 0 Å². The molecule has 24 heavy (non-hydrogen) atoms. The number of amides is 1. The van der Waals surface area contributed by atoms with Crippen LogP contribution in [-0.2, 0) is 14.3 Å². The molecule has 6 heteroatoms. The summed E-state index contributed by atoms with van der Waals surface area (Å²) < 4.78 is 10.8. The van der Waals surface area contributed by atoms with Gasteiger partial charge in [0.15, 0.2) is 0 Å². The van der Waals surface area contributed by atoms with Gasteiger partial charge >= 0.3 is 0 Å². The van der Waals surface area contributed by atoms with Gasteiger partial charge in [0.2, 0.25) is 6.41 Å². The van der Waals surface area contributed by atoms with E-state index in [4.69, 9.17) is 15.2 Å². The number of nitrogens with two attached hydrogens (primary N) is 1. The highest BCUT2D eigenvalue weighted by Gasteiger charge is 2.28. The Morgan fingerprint density at radius 3 is 1.50 bits per heavy atom. The lowest BCUT2D eigenvalue weighted by Crippen LogP contribution is -2.48. The normalized spacial score (nSPS) is 12.4. The molecule has 0 radical (unpaired) electrons. The predicted octanol–water partition coefficient (Wildman–Crippen LogP) is 2.88. The van der Waals surface area contributed by atoms with Crippen molar-refractivity contribution in [2.75, 3.05) is 26.4 Å². The monoisotopic (exact) mass is 364 g/mol. The molecule has 1 amide bonds. The minimum atomic E-state index is -0.198. The third kappa shape index (κ3) is 16.6. The van der Waals surface area contributed by atoms with Crippen LogP contribution < -0.4 is 11.1 Å². The molecule has 0 aromatic rings. The maximum atomic E-state index is 10.4. The molecule has 0 saturated heterocycles. The molecular formula is C18H40N2O3S. The van der Waals surface area contributed by atoms with Gasteiger partial charge in [-0.15, -0.1) is 0 Å². The number of nitrogens with one attached hydrogen (secondary N) is 1. The van der Waals surface area contributed by atoms with Gasteiger partial charge in [0, 0.05) is 23.5 Å². The maximum Gasteiger partial charge on any atom is 0.207 e. The summed E-state index contributed by atoms with van der Waals surface area (Å²) in [6, 6.07) is -0.0463. The fourth-order valence-electron chi connectivity index (χ4n) is 1.13. The quantitative estimate of drug-likeness (QED) is 0.389. The van der Waals surface area contributed by atoms with E-state index in [1.807, 2.05) is 27.7 Å². The largest absolute Gasteiger partial charge is 0.379 e. The SMILES string of the molecule is CC(C)(N)C(C)(C)S.CC(C)COCC(COCC(C)C)NC=O. The van der Waals surface area contributed by atoms with Crippen molar-refractivity contribution < 1.29 is 14.3 Å². The third-order valence-electron chi connectivity index (χ3n) is 3.42. The molecule has 0 aliphatic carbocycles. The van der Waals surface area contributed by atoms with Gasteiger partial charge in [-0.05, 0) is 39.5 Å². The van der Waals surface area contributed by atoms with Gasteiger partial charge in [-0.1, -0.05) is 27.7 Å². The summed E-state index contributed by atoms with van der Waals surface area (Å²) in [5.74, 6) is 1.02. The van der Waals surface area contributed by atoms with Crippen molar-refractivity contribution in [3.63, 3.8) is 0 Å². The first-order valence-corrected chi connectivity index (χ1v) is 9.12. The molecule has 0 aliphatic heterocycles. The molecule has 0 unspecified atom stereocenters. The smallest absolute Gasteiger partial charge is 0.207 e. The highest BCUT2D eigenvalue weighted by molar-refractivity contribution is 7.81. The predicted molar refractivity (Wildman–Crippen MR) is 106 cm³/mol. The number of carbonyl (C=O) groups is 1. The Morgan fingerprint density at radius 2 is 1.29 bits per heavy atom. The molecule has 0 fully saturated rings. The van der Waals surface area contributed by atoms with Crippen molar-refractivity contribution in [1.82, 2.24) is 5.32 Å². The minimum absolute atomic E-state index is 0.0463. The second kappa shape index (κ2) is 13.0. The van der Waals surface area contributed by atoms with Crippen LogP contribution in [0.5, 0.6) is 0 Å². The van der Waals surface area contributed by atoms with Crippen LogP contribution in [-0.4, -0.2) is 49.2 Å². The number of hydrogen-bond donors (Lipinski definition) is 3. The van der Waals surface area contributed by atoms with Gasteiger partial charge in [-0.3, -0.25) is 4.79 Å².